The molecule has 1 N–H and O–H groups in total. The fourth-order valence-corrected chi connectivity index (χ4v) is 4.78. The quantitative estimate of drug-likeness (QED) is 0.841. The summed E-state index contributed by atoms with van der Waals surface area (Å²) >= 11 is 2.12. The van der Waals surface area contributed by atoms with Gasteiger partial charge >= 0.3 is 0 Å². The first-order valence-electron chi connectivity index (χ1n) is 7.67. The molecular formula is C15H26N2OS. The van der Waals surface area contributed by atoms with E-state index in [0.29, 0.717) is 5.25 Å². The molecule has 0 aromatic heterocycles. The van der Waals surface area contributed by atoms with Crippen LogP contribution in [-0.4, -0.2) is 35.8 Å². The van der Waals surface area contributed by atoms with E-state index >= 15 is 0 Å². The summed E-state index contributed by atoms with van der Waals surface area (Å²) in [6.07, 6.45) is 7.97. The Bertz CT molecular complexity index is 312. The number of hydrogen-bond donors (Lipinski definition) is 1. The normalized spacial score (nSPS) is 32.9. The Labute approximate surface area is 121 Å². The summed E-state index contributed by atoms with van der Waals surface area (Å²) in [5.74, 6) is 0. The molecule has 2 fully saturated rings. The molecule has 108 valence electrons. The number of hydrogen-bond acceptors (Lipinski definition) is 4. The molecule has 1 saturated heterocycles. The number of thioether (sulfide) groups is 1. The van der Waals surface area contributed by atoms with Gasteiger partial charge in [-0.3, -0.25) is 5.32 Å². The third-order valence-electron chi connectivity index (χ3n) is 4.19. The van der Waals surface area contributed by atoms with Crippen molar-refractivity contribution in [1.82, 2.24) is 5.32 Å². The van der Waals surface area contributed by atoms with Crippen LogP contribution >= 0.6 is 11.8 Å². The van der Waals surface area contributed by atoms with Crippen molar-refractivity contribution >= 4 is 11.8 Å². The van der Waals surface area contributed by atoms with Gasteiger partial charge in [0.25, 0.3) is 0 Å². The van der Waals surface area contributed by atoms with E-state index in [1.54, 1.807) is 0 Å². The highest BCUT2D eigenvalue weighted by Gasteiger charge is 2.37. The largest absolute Gasteiger partial charge is 0.381 e. The Balaban J connectivity index is 1.86. The van der Waals surface area contributed by atoms with Gasteiger partial charge < -0.3 is 4.74 Å². The minimum atomic E-state index is -0.253. The second-order valence-electron chi connectivity index (χ2n) is 5.79. The minimum Gasteiger partial charge on any atom is -0.381 e. The van der Waals surface area contributed by atoms with Crippen LogP contribution in [0, 0.1) is 11.3 Å². The number of rotatable bonds is 5. The lowest BCUT2D eigenvalue weighted by molar-refractivity contribution is 0.0998. The zero-order chi connectivity index (χ0) is 13.6. The van der Waals surface area contributed by atoms with Gasteiger partial charge in [-0.15, -0.1) is 0 Å². The Hall–Kier alpha value is -0.240. The summed E-state index contributed by atoms with van der Waals surface area (Å²) in [7, 11) is 0. The third-order valence-corrected chi connectivity index (χ3v) is 5.83. The monoisotopic (exact) mass is 282 g/mol. The molecule has 2 rings (SSSR count). The van der Waals surface area contributed by atoms with Crippen LogP contribution in [0.2, 0.25) is 0 Å². The van der Waals surface area contributed by atoms with Gasteiger partial charge in [-0.1, -0.05) is 6.92 Å². The molecule has 1 aliphatic heterocycles. The molecule has 0 bridgehead atoms. The van der Waals surface area contributed by atoms with E-state index in [1.165, 1.54) is 25.7 Å². The van der Waals surface area contributed by atoms with Gasteiger partial charge in [0.15, 0.2) is 0 Å². The van der Waals surface area contributed by atoms with Crippen LogP contribution in [0.1, 0.15) is 51.9 Å². The molecule has 1 aliphatic carbocycles. The van der Waals surface area contributed by atoms with Crippen LogP contribution in [0.3, 0.4) is 0 Å². The van der Waals surface area contributed by atoms with Crippen molar-refractivity contribution in [2.75, 3.05) is 19.8 Å². The van der Waals surface area contributed by atoms with Crippen molar-refractivity contribution < 1.29 is 4.74 Å². The molecule has 1 saturated carbocycles. The summed E-state index contributed by atoms with van der Waals surface area (Å²) in [4.78, 5) is 0. The molecular weight excluding hydrogens is 256 g/mol. The number of nitriles is 1. The maximum Gasteiger partial charge on any atom is 0.107 e. The van der Waals surface area contributed by atoms with Crippen molar-refractivity contribution in [3.05, 3.63) is 0 Å². The molecule has 2 atom stereocenters. The van der Waals surface area contributed by atoms with E-state index in [1.807, 2.05) is 0 Å². The van der Waals surface area contributed by atoms with Crippen molar-refractivity contribution in [3.63, 3.8) is 0 Å². The molecule has 19 heavy (non-hydrogen) atoms. The van der Waals surface area contributed by atoms with Gasteiger partial charge in [-0.05, 0) is 51.5 Å². The summed E-state index contributed by atoms with van der Waals surface area (Å²) in [5, 5.41) is 14.5. The van der Waals surface area contributed by atoms with Gasteiger partial charge in [0.2, 0.25) is 0 Å². The van der Waals surface area contributed by atoms with E-state index in [0.717, 1.165) is 44.3 Å². The summed E-state index contributed by atoms with van der Waals surface area (Å²) < 4.78 is 5.43. The van der Waals surface area contributed by atoms with Crippen molar-refractivity contribution in [2.24, 2.45) is 0 Å². The zero-order valence-electron chi connectivity index (χ0n) is 12.0. The average molecular weight is 282 g/mol. The Morgan fingerprint density at radius 1 is 1.32 bits per heavy atom. The smallest absolute Gasteiger partial charge is 0.107 e. The second-order valence-corrected chi connectivity index (χ2v) is 7.39. The first-order chi connectivity index (χ1) is 9.28. The van der Waals surface area contributed by atoms with Crippen LogP contribution in [0.25, 0.3) is 0 Å². The fourth-order valence-electron chi connectivity index (χ4n) is 3.09. The molecule has 0 aromatic carbocycles. The highest BCUT2D eigenvalue weighted by Crippen LogP contribution is 2.38. The van der Waals surface area contributed by atoms with Crippen LogP contribution < -0.4 is 5.32 Å². The lowest BCUT2D eigenvalue weighted by Gasteiger charge is -2.38. The van der Waals surface area contributed by atoms with E-state index in [2.05, 4.69) is 30.1 Å². The average Bonchev–Trinajstić information content (AvgIpc) is 2.46. The van der Waals surface area contributed by atoms with Gasteiger partial charge in [0.05, 0.1) is 6.07 Å². The van der Waals surface area contributed by atoms with Crippen molar-refractivity contribution in [2.45, 2.75) is 67.9 Å². The van der Waals surface area contributed by atoms with E-state index < -0.39 is 0 Å². The predicted molar refractivity (Wildman–Crippen MR) is 80.3 cm³/mol. The Morgan fingerprint density at radius 3 is 2.79 bits per heavy atom. The molecule has 2 aliphatic rings. The summed E-state index contributed by atoms with van der Waals surface area (Å²) in [6, 6.07) is 2.57. The van der Waals surface area contributed by atoms with Gasteiger partial charge in [-0.2, -0.15) is 17.0 Å². The molecule has 0 aromatic rings. The van der Waals surface area contributed by atoms with Gasteiger partial charge in [0.1, 0.15) is 5.54 Å². The SMILES string of the molecule is CCCNC1(C#N)CCCC(SC2CCOCC2)C1. The highest BCUT2D eigenvalue weighted by atomic mass is 32.2. The molecule has 2 unspecified atom stereocenters. The van der Waals surface area contributed by atoms with E-state index in [4.69, 9.17) is 4.74 Å². The number of nitrogens with one attached hydrogen (secondary N) is 1. The van der Waals surface area contributed by atoms with Crippen LogP contribution in [0.5, 0.6) is 0 Å². The molecule has 0 radical (unpaired) electrons. The van der Waals surface area contributed by atoms with Crippen LogP contribution in [0.15, 0.2) is 0 Å². The van der Waals surface area contributed by atoms with Crippen molar-refractivity contribution in [1.29, 1.82) is 5.26 Å². The maximum atomic E-state index is 9.55. The fraction of sp³-hybridized carbons (Fsp3) is 0.933. The Kier molecular flexibility index (Phi) is 6.00. The molecule has 1 heterocycles. The molecule has 0 spiro atoms. The number of ether oxygens (including phenoxy) is 1. The standard InChI is InChI=1S/C15H26N2OS/c1-2-8-17-15(12-16)7-3-4-14(11-15)19-13-5-9-18-10-6-13/h13-14,17H,2-11H2,1H3. The second kappa shape index (κ2) is 7.52. The first-order valence-corrected chi connectivity index (χ1v) is 8.62. The minimum absolute atomic E-state index is 0.253. The van der Waals surface area contributed by atoms with E-state index in [-0.39, 0.29) is 5.54 Å². The van der Waals surface area contributed by atoms with Gasteiger partial charge in [0, 0.05) is 23.7 Å². The lowest BCUT2D eigenvalue weighted by atomic mass is 9.82. The van der Waals surface area contributed by atoms with Crippen LogP contribution in [0.4, 0.5) is 0 Å². The lowest BCUT2D eigenvalue weighted by Crippen LogP contribution is -2.48. The first kappa shape index (κ1) is 15.2. The Morgan fingerprint density at radius 2 is 2.11 bits per heavy atom. The van der Waals surface area contributed by atoms with E-state index in [9.17, 15) is 5.26 Å². The molecule has 3 nitrogen and oxygen atoms in total. The summed E-state index contributed by atoms with van der Waals surface area (Å²) in [6.45, 7) is 4.96. The topological polar surface area (TPSA) is 45.0 Å². The van der Waals surface area contributed by atoms with Crippen LogP contribution in [-0.2, 0) is 4.74 Å². The molecule has 0 amide bonds. The van der Waals surface area contributed by atoms with Gasteiger partial charge in [-0.25, -0.2) is 0 Å². The number of nitrogens with zero attached hydrogens (tertiary/aromatic N) is 1. The highest BCUT2D eigenvalue weighted by molar-refractivity contribution is 8.00. The van der Waals surface area contributed by atoms with Crippen molar-refractivity contribution in [3.8, 4) is 6.07 Å². The summed E-state index contributed by atoms with van der Waals surface area (Å²) in [5.41, 5.74) is -0.253. The third kappa shape index (κ3) is 4.37. The predicted octanol–water partition coefficient (Wildman–Crippen LogP) is 3.10. The maximum absolute atomic E-state index is 9.55. The zero-order valence-corrected chi connectivity index (χ0v) is 12.8. The molecule has 4 heteroatoms.